The molecule has 0 aliphatic carbocycles. The lowest BCUT2D eigenvalue weighted by atomic mass is 10.1. The largest absolute Gasteiger partial charge is 0.490 e. The van der Waals surface area contributed by atoms with Gasteiger partial charge in [-0.3, -0.25) is 10.1 Å². The number of carbonyl (C=O) groups excluding carboxylic acids is 2. The number of urea groups is 1. The maximum atomic E-state index is 11.6. The number of rotatable bonds is 5. The molecule has 2 rings (SSSR count). The van der Waals surface area contributed by atoms with Crippen molar-refractivity contribution in [2.45, 2.75) is 26.9 Å². The van der Waals surface area contributed by atoms with Crippen LogP contribution in [0.2, 0.25) is 0 Å². The zero-order chi connectivity index (χ0) is 16.3. The molecular formula is C15H17BrN2O4. The third-order valence-corrected chi connectivity index (χ3v) is 3.31. The zero-order valence-corrected chi connectivity index (χ0v) is 14.1. The van der Waals surface area contributed by atoms with Crippen LogP contribution in [0, 0.1) is 0 Å². The Morgan fingerprint density at radius 1 is 1.27 bits per heavy atom. The number of benzene rings is 1. The summed E-state index contributed by atoms with van der Waals surface area (Å²) in [5.74, 6) is 0.725. The predicted molar refractivity (Wildman–Crippen MR) is 85.7 cm³/mol. The Bertz CT molecular complexity index is 641. The average molecular weight is 369 g/mol. The maximum absolute atomic E-state index is 11.6. The molecule has 7 heteroatoms. The van der Waals surface area contributed by atoms with E-state index in [1.807, 2.05) is 20.8 Å². The summed E-state index contributed by atoms with van der Waals surface area (Å²) < 4.78 is 12.1. The summed E-state index contributed by atoms with van der Waals surface area (Å²) in [6.45, 7) is 6.22. The van der Waals surface area contributed by atoms with Crippen LogP contribution in [-0.4, -0.2) is 24.6 Å². The van der Waals surface area contributed by atoms with Crippen molar-refractivity contribution in [3.8, 4) is 11.5 Å². The van der Waals surface area contributed by atoms with Crippen LogP contribution in [0.15, 0.2) is 22.3 Å². The van der Waals surface area contributed by atoms with Gasteiger partial charge in [-0.1, -0.05) is 0 Å². The van der Waals surface area contributed by atoms with Crippen LogP contribution in [0.25, 0.3) is 6.08 Å². The third kappa shape index (κ3) is 3.79. The van der Waals surface area contributed by atoms with Crippen molar-refractivity contribution >= 4 is 33.9 Å². The van der Waals surface area contributed by atoms with E-state index in [0.717, 1.165) is 0 Å². The van der Waals surface area contributed by atoms with Crippen LogP contribution >= 0.6 is 15.9 Å². The van der Waals surface area contributed by atoms with Crippen LogP contribution < -0.4 is 20.1 Å². The lowest BCUT2D eigenvalue weighted by Crippen LogP contribution is -2.22. The second kappa shape index (κ2) is 6.83. The molecule has 0 atom stereocenters. The highest BCUT2D eigenvalue weighted by Gasteiger charge is 2.23. The average Bonchev–Trinajstić information content (AvgIpc) is 2.72. The number of ether oxygens (including phenoxy) is 2. The molecule has 0 aromatic heterocycles. The van der Waals surface area contributed by atoms with Crippen molar-refractivity contribution in [3.05, 3.63) is 27.9 Å². The highest BCUT2D eigenvalue weighted by atomic mass is 79.9. The summed E-state index contributed by atoms with van der Waals surface area (Å²) in [6, 6.07) is 3.03. The minimum absolute atomic E-state index is 0.000362. The summed E-state index contributed by atoms with van der Waals surface area (Å²) in [6.07, 6.45) is 1.58. The van der Waals surface area contributed by atoms with Crippen molar-refractivity contribution < 1.29 is 19.1 Å². The standard InChI is InChI=1S/C15H17BrN2O4/c1-4-21-12-7-9(5-10(16)13(12)22-8(2)3)6-11-14(19)18-15(20)17-11/h5-8H,4H2,1-3H3,(H2,17,18,19,20). The molecule has 0 spiro atoms. The number of amides is 3. The van der Waals surface area contributed by atoms with E-state index in [4.69, 9.17) is 9.47 Å². The van der Waals surface area contributed by atoms with Gasteiger partial charge in [0.25, 0.3) is 5.91 Å². The maximum Gasteiger partial charge on any atom is 0.326 e. The number of carbonyl (C=O) groups is 2. The molecule has 1 fully saturated rings. The van der Waals surface area contributed by atoms with Gasteiger partial charge in [0.05, 0.1) is 17.2 Å². The molecule has 3 amide bonds. The first-order chi connectivity index (χ1) is 10.4. The zero-order valence-electron chi connectivity index (χ0n) is 12.5. The second-order valence-electron chi connectivity index (χ2n) is 4.90. The Morgan fingerprint density at radius 2 is 2.00 bits per heavy atom. The van der Waals surface area contributed by atoms with Gasteiger partial charge in [-0.25, -0.2) is 4.79 Å². The molecule has 1 saturated heterocycles. The molecule has 1 aromatic carbocycles. The van der Waals surface area contributed by atoms with Crippen molar-refractivity contribution in [2.24, 2.45) is 0 Å². The normalized spacial score (nSPS) is 16.0. The van der Waals surface area contributed by atoms with Crippen LogP contribution in [0.1, 0.15) is 26.3 Å². The van der Waals surface area contributed by atoms with E-state index >= 15 is 0 Å². The minimum Gasteiger partial charge on any atom is -0.490 e. The smallest absolute Gasteiger partial charge is 0.326 e. The first-order valence-corrected chi connectivity index (χ1v) is 7.67. The van der Waals surface area contributed by atoms with Gasteiger partial charge in [-0.05, 0) is 60.5 Å². The van der Waals surface area contributed by atoms with Crippen molar-refractivity contribution in [1.29, 1.82) is 0 Å². The van der Waals surface area contributed by atoms with Gasteiger partial charge in [0.15, 0.2) is 11.5 Å². The van der Waals surface area contributed by atoms with Gasteiger partial charge in [0.1, 0.15) is 5.70 Å². The molecule has 2 N–H and O–H groups in total. The van der Waals surface area contributed by atoms with Gasteiger partial charge < -0.3 is 14.8 Å². The van der Waals surface area contributed by atoms with E-state index < -0.39 is 11.9 Å². The monoisotopic (exact) mass is 368 g/mol. The number of hydrogen-bond acceptors (Lipinski definition) is 4. The van der Waals surface area contributed by atoms with E-state index in [9.17, 15) is 9.59 Å². The van der Waals surface area contributed by atoms with Crippen LogP contribution in [0.3, 0.4) is 0 Å². The topological polar surface area (TPSA) is 76.7 Å². The number of nitrogens with one attached hydrogen (secondary N) is 2. The quantitative estimate of drug-likeness (QED) is 0.618. The summed E-state index contributed by atoms with van der Waals surface area (Å²) in [7, 11) is 0. The number of imide groups is 1. The molecule has 1 aromatic rings. The molecule has 1 aliphatic rings. The van der Waals surface area contributed by atoms with Gasteiger partial charge in [-0.15, -0.1) is 0 Å². The van der Waals surface area contributed by atoms with Gasteiger partial charge in [0.2, 0.25) is 0 Å². The molecule has 118 valence electrons. The van der Waals surface area contributed by atoms with Crippen LogP contribution in [0.5, 0.6) is 11.5 Å². The Morgan fingerprint density at radius 3 is 2.55 bits per heavy atom. The Labute approximate surface area is 137 Å². The predicted octanol–water partition coefficient (Wildman–Crippen LogP) is 2.82. The van der Waals surface area contributed by atoms with Crippen LogP contribution in [0.4, 0.5) is 4.79 Å². The van der Waals surface area contributed by atoms with Crippen molar-refractivity contribution in [3.63, 3.8) is 0 Å². The lowest BCUT2D eigenvalue weighted by Gasteiger charge is -2.17. The fourth-order valence-electron chi connectivity index (χ4n) is 1.93. The molecule has 6 nitrogen and oxygen atoms in total. The first kappa shape index (κ1) is 16.4. The third-order valence-electron chi connectivity index (χ3n) is 2.72. The molecule has 0 radical (unpaired) electrons. The fraction of sp³-hybridized carbons (Fsp3) is 0.333. The SMILES string of the molecule is CCOc1cc(C=C2NC(=O)NC2=O)cc(Br)c1OC(C)C. The van der Waals surface area contributed by atoms with Gasteiger partial charge >= 0.3 is 6.03 Å². The molecule has 0 unspecified atom stereocenters. The molecular weight excluding hydrogens is 352 g/mol. The molecule has 22 heavy (non-hydrogen) atoms. The van der Waals surface area contributed by atoms with Crippen molar-refractivity contribution in [1.82, 2.24) is 10.6 Å². The lowest BCUT2D eigenvalue weighted by molar-refractivity contribution is -0.115. The van der Waals surface area contributed by atoms with E-state index in [-0.39, 0.29) is 11.8 Å². The minimum atomic E-state index is -0.528. The fourth-order valence-corrected chi connectivity index (χ4v) is 2.49. The Balaban J connectivity index is 2.40. The molecule has 1 heterocycles. The van der Waals surface area contributed by atoms with E-state index in [2.05, 4.69) is 26.6 Å². The second-order valence-corrected chi connectivity index (χ2v) is 5.75. The van der Waals surface area contributed by atoms with E-state index in [1.165, 1.54) is 0 Å². The van der Waals surface area contributed by atoms with Gasteiger partial charge in [0, 0.05) is 0 Å². The van der Waals surface area contributed by atoms with Crippen LogP contribution in [-0.2, 0) is 4.79 Å². The highest BCUT2D eigenvalue weighted by molar-refractivity contribution is 9.10. The number of halogens is 1. The summed E-state index contributed by atoms with van der Waals surface area (Å²) in [5, 5.41) is 4.60. The summed E-state index contributed by atoms with van der Waals surface area (Å²) in [4.78, 5) is 22.7. The number of hydrogen-bond donors (Lipinski definition) is 2. The van der Waals surface area contributed by atoms with Gasteiger partial charge in [-0.2, -0.15) is 0 Å². The summed E-state index contributed by atoms with van der Waals surface area (Å²) >= 11 is 3.45. The Hall–Kier alpha value is -2.02. The summed E-state index contributed by atoms with van der Waals surface area (Å²) in [5.41, 5.74) is 0.899. The van der Waals surface area contributed by atoms with E-state index in [1.54, 1.807) is 18.2 Å². The molecule has 1 aliphatic heterocycles. The Kier molecular flexibility index (Phi) is 5.07. The highest BCUT2D eigenvalue weighted by Crippen LogP contribution is 2.38. The first-order valence-electron chi connectivity index (χ1n) is 6.87. The molecule has 0 saturated carbocycles. The van der Waals surface area contributed by atoms with Crippen molar-refractivity contribution in [2.75, 3.05) is 6.61 Å². The molecule has 0 bridgehead atoms. The van der Waals surface area contributed by atoms with E-state index in [0.29, 0.717) is 28.1 Å².